The summed E-state index contributed by atoms with van der Waals surface area (Å²) in [6.07, 6.45) is -2.36. The van der Waals surface area contributed by atoms with Crippen LogP contribution in [0.25, 0.3) is 0 Å². The van der Waals surface area contributed by atoms with Crippen molar-refractivity contribution >= 4 is 10.0 Å². The second kappa shape index (κ2) is 5.97. The van der Waals surface area contributed by atoms with Gasteiger partial charge >= 0.3 is 0 Å². The number of aryl methyl sites for hydroxylation is 2. The van der Waals surface area contributed by atoms with Gasteiger partial charge in [-0.1, -0.05) is 17.7 Å². The van der Waals surface area contributed by atoms with Crippen LogP contribution in [0.4, 0.5) is 8.78 Å². The van der Waals surface area contributed by atoms with Crippen LogP contribution in [0.2, 0.25) is 0 Å². The van der Waals surface area contributed by atoms with Crippen molar-refractivity contribution in [2.45, 2.75) is 43.1 Å². The average molecular weight is 358 g/mol. The summed E-state index contributed by atoms with van der Waals surface area (Å²) in [4.78, 5) is 0.0245. The molecule has 7 heteroatoms. The number of alkyl halides is 2. The number of fused-ring (bicyclic) bond motifs is 1. The van der Waals surface area contributed by atoms with Gasteiger partial charge in [-0.25, -0.2) is 21.2 Å². The van der Waals surface area contributed by atoms with Crippen molar-refractivity contribution in [2.24, 2.45) is 0 Å². The number of benzene rings is 1. The molecule has 1 aliphatic rings. The Labute approximate surface area is 144 Å². The van der Waals surface area contributed by atoms with E-state index >= 15 is 0 Å². The lowest BCUT2D eigenvalue weighted by atomic mass is 9.84. The van der Waals surface area contributed by atoms with Crippen LogP contribution in [0.5, 0.6) is 0 Å². The molecule has 4 nitrogen and oxygen atoms in total. The lowest BCUT2D eigenvalue weighted by Crippen LogP contribution is -2.45. The third-order valence-corrected chi connectivity index (χ3v) is 6.24. The van der Waals surface area contributed by atoms with E-state index in [0.29, 0.717) is 5.56 Å². The number of ether oxygens (including phenoxy) is 1. The SMILES string of the molecule is [2H]C([2H])([2H])OC1(C(F)F)CCc2ccn(S(=O)(=O)c3ccc(C)cc3)c2C1. The van der Waals surface area contributed by atoms with Gasteiger partial charge in [-0.3, -0.25) is 0 Å². The summed E-state index contributed by atoms with van der Waals surface area (Å²) in [5.74, 6) is 0. The molecule has 1 heterocycles. The molecule has 0 spiro atoms. The minimum Gasteiger partial charge on any atom is -0.372 e. The summed E-state index contributed by atoms with van der Waals surface area (Å²) in [5, 5.41) is 0. The molecule has 0 radical (unpaired) electrons. The number of halogens is 2. The molecule has 0 saturated carbocycles. The summed E-state index contributed by atoms with van der Waals surface area (Å²) >= 11 is 0. The first kappa shape index (κ1) is 13.5. The summed E-state index contributed by atoms with van der Waals surface area (Å²) < 4.78 is 80.9. The molecule has 0 N–H and O–H groups in total. The van der Waals surface area contributed by atoms with Crippen LogP contribution in [0, 0.1) is 6.92 Å². The zero-order valence-corrected chi connectivity index (χ0v) is 13.8. The highest BCUT2D eigenvalue weighted by atomic mass is 32.2. The number of nitrogens with zero attached hydrogens (tertiary/aromatic N) is 1. The van der Waals surface area contributed by atoms with Crippen molar-refractivity contribution in [2.75, 3.05) is 7.04 Å². The molecular weight excluding hydrogens is 336 g/mol. The van der Waals surface area contributed by atoms with E-state index in [1.54, 1.807) is 18.2 Å². The highest BCUT2D eigenvalue weighted by molar-refractivity contribution is 7.90. The quantitative estimate of drug-likeness (QED) is 0.843. The Balaban J connectivity index is 2.05. The van der Waals surface area contributed by atoms with E-state index in [-0.39, 0.29) is 23.4 Å². The first-order valence-corrected chi connectivity index (χ1v) is 8.88. The monoisotopic (exact) mass is 358 g/mol. The van der Waals surface area contributed by atoms with E-state index in [1.165, 1.54) is 18.3 Å². The Bertz CT molecular complexity index is 939. The number of hydrogen-bond donors (Lipinski definition) is 0. The Morgan fingerprint density at radius 3 is 2.62 bits per heavy atom. The Kier molecular flexibility index (Phi) is 3.37. The number of hydrogen-bond acceptors (Lipinski definition) is 3. The molecule has 24 heavy (non-hydrogen) atoms. The van der Waals surface area contributed by atoms with E-state index in [2.05, 4.69) is 0 Å². The Morgan fingerprint density at radius 2 is 2.00 bits per heavy atom. The maximum atomic E-state index is 13.8. The Hall–Kier alpha value is -1.73. The van der Waals surface area contributed by atoms with Gasteiger partial charge in [-0.15, -0.1) is 0 Å². The van der Waals surface area contributed by atoms with Crippen molar-refractivity contribution in [3.8, 4) is 0 Å². The fraction of sp³-hybridized carbons (Fsp3) is 0.412. The summed E-state index contributed by atoms with van der Waals surface area (Å²) in [6.45, 7) is 1.82. The van der Waals surface area contributed by atoms with E-state index in [4.69, 9.17) is 8.85 Å². The van der Waals surface area contributed by atoms with Gasteiger partial charge < -0.3 is 4.74 Å². The second-order valence-electron chi connectivity index (χ2n) is 6.05. The molecule has 1 aromatic heterocycles. The average Bonchev–Trinajstić information content (AvgIpc) is 2.97. The highest BCUT2D eigenvalue weighted by Crippen LogP contribution is 2.37. The van der Waals surface area contributed by atoms with Crippen molar-refractivity contribution in [1.29, 1.82) is 0 Å². The van der Waals surface area contributed by atoms with Crippen molar-refractivity contribution < 1.29 is 26.0 Å². The van der Waals surface area contributed by atoms with Crippen LogP contribution in [-0.4, -0.2) is 31.5 Å². The lowest BCUT2D eigenvalue weighted by molar-refractivity contribution is -0.128. The molecule has 2 aromatic rings. The second-order valence-corrected chi connectivity index (χ2v) is 7.86. The summed E-state index contributed by atoms with van der Waals surface area (Å²) in [6, 6.07) is 7.73. The largest absolute Gasteiger partial charge is 0.372 e. The predicted octanol–water partition coefficient (Wildman–Crippen LogP) is 3.17. The molecular formula is C17H19F2NO3S. The molecule has 1 atom stereocenters. The topological polar surface area (TPSA) is 48.3 Å². The molecule has 1 aliphatic carbocycles. The van der Waals surface area contributed by atoms with Crippen molar-refractivity contribution in [3.05, 3.63) is 53.3 Å². The normalized spacial score (nSPS) is 23.4. The highest BCUT2D eigenvalue weighted by Gasteiger charge is 2.45. The van der Waals surface area contributed by atoms with Gasteiger partial charge in [-0.05, 0) is 43.5 Å². The summed E-state index contributed by atoms with van der Waals surface area (Å²) in [7, 11) is -7.01. The van der Waals surface area contributed by atoms with Crippen LogP contribution in [0.3, 0.4) is 0 Å². The first-order chi connectivity index (χ1) is 12.4. The zero-order chi connectivity index (χ0) is 20.0. The van der Waals surface area contributed by atoms with Gasteiger partial charge in [0.25, 0.3) is 16.4 Å². The number of aromatic nitrogens is 1. The van der Waals surface area contributed by atoms with Crippen LogP contribution in [-0.2, 0) is 27.6 Å². The fourth-order valence-electron chi connectivity index (χ4n) is 2.99. The minimum atomic E-state index is -4.00. The van der Waals surface area contributed by atoms with Gasteiger partial charge in [0.2, 0.25) is 0 Å². The number of rotatable bonds is 4. The molecule has 1 unspecified atom stereocenters. The third kappa shape index (κ3) is 2.65. The molecule has 1 aromatic carbocycles. The fourth-order valence-corrected chi connectivity index (χ4v) is 4.39. The maximum Gasteiger partial charge on any atom is 0.267 e. The van der Waals surface area contributed by atoms with E-state index < -0.39 is 35.5 Å². The molecule has 3 rings (SSSR count). The molecule has 0 amide bonds. The standard InChI is InChI=1S/C17H19F2NO3S/c1-12-3-5-14(6-4-12)24(21,22)20-10-8-13-7-9-17(23-2,16(18)19)11-15(13)20/h3-6,8,10,16H,7,9,11H2,1-2H3/i2D3. The van der Waals surface area contributed by atoms with Crippen LogP contribution < -0.4 is 0 Å². The molecule has 0 fully saturated rings. The van der Waals surface area contributed by atoms with Gasteiger partial charge in [0.15, 0.2) is 0 Å². The van der Waals surface area contributed by atoms with Gasteiger partial charge in [0.05, 0.1) is 9.01 Å². The molecule has 130 valence electrons. The van der Waals surface area contributed by atoms with Crippen LogP contribution in [0.15, 0.2) is 41.4 Å². The molecule has 0 bridgehead atoms. The maximum absolute atomic E-state index is 13.8. The van der Waals surface area contributed by atoms with Crippen molar-refractivity contribution in [1.82, 2.24) is 3.97 Å². The molecule has 0 saturated heterocycles. The van der Waals surface area contributed by atoms with E-state index in [9.17, 15) is 17.2 Å². The van der Waals surface area contributed by atoms with Gasteiger partial charge in [-0.2, -0.15) is 0 Å². The van der Waals surface area contributed by atoms with Gasteiger partial charge in [0, 0.05) is 25.3 Å². The van der Waals surface area contributed by atoms with E-state index in [0.717, 1.165) is 9.54 Å². The van der Waals surface area contributed by atoms with E-state index in [1.807, 2.05) is 6.92 Å². The van der Waals surface area contributed by atoms with Crippen LogP contribution in [0.1, 0.15) is 27.4 Å². The van der Waals surface area contributed by atoms with Crippen molar-refractivity contribution in [3.63, 3.8) is 0 Å². The first-order valence-electron chi connectivity index (χ1n) is 8.94. The zero-order valence-electron chi connectivity index (χ0n) is 16.0. The lowest BCUT2D eigenvalue weighted by Gasteiger charge is -2.35. The Morgan fingerprint density at radius 1 is 1.29 bits per heavy atom. The van der Waals surface area contributed by atoms with Gasteiger partial charge in [0.1, 0.15) is 5.60 Å². The minimum absolute atomic E-state index is 0.0245. The summed E-state index contributed by atoms with van der Waals surface area (Å²) in [5.41, 5.74) is -0.647. The third-order valence-electron chi connectivity index (χ3n) is 4.51. The van der Waals surface area contributed by atoms with Crippen LogP contribution >= 0.6 is 0 Å². The molecule has 0 aliphatic heterocycles. The smallest absolute Gasteiger partial charge is 0.267 e. The number of methoxy groups -OCH3 is 1. The predicted molar refractivity (Wildman–Crippen MR) is 86.0 cm³/mol.